The van der Waals surface area contributed by atoms with Crippen LogP contribution in [0.5, 0.6) is 0 Å². The molecule has 1 aliphatic heterocycles. The Bertz CT molecular complexity index is 719. The summed E-state index contributed by atoms with van der Waals surface area (Å²) in [5, 5.41) is 0. The van der Waals surface area contributed by atoms with Gasteiger partial charge in [0.2, 0.25) is 16.6 Å². The number of piperidine rings is 1. The van der Waals surface area contributed by atoms with Crippen molar-refractivity contribution in [1.82, 2.24) is 4.90 Å². The highest BCUT2D eigenvalue weighted by Gasteiger charge is 2.46. The summed E-state index contributed by atoms with van der Waals surface area (Å²) in [5.74, 6) is 0. The fourth-order valence-corrected chi connectivity index (χ4v) is 4.15. The van der Waals surface area contributed by atoms with Gasteiger partial charge in [-0.2, -0.15) is 0 Å². The highest BCUT2D eigenvalue weighted by Crippen LogP contribution is 2.47. The molecule has 0 aromatic heterocycles. The summed E-state index contributed by atoms with van der Waals surface area (Å²) in [6.45, 7) is 17.5. The molecule has 0 spiro atoms. The molecule has 2 rings (SSSR count). The van der Waals surface area contributed by atoms with Crippen molar-refractivity contribution in [2.75, 3.05) is 30.6 Å². The first-order valence-electron chi connectivity index (χ1n) is 8.67. The van der Waals surface area contributed by atoms with Crippen LogP contribution in [0.25, 0.3) is 4.85 Å². The van der Waals surface area contributed by atoms with Crippen LogP contribution >= 0.6 is 0 Å². The fourth-order valence-electron chi connectivity index (χ4n) is 3.59. The lowest BCUT2D eigenvalue weighted by molar-refractivity contribution is 0.0173. The van der Waals surface area contributed by atoms with E-state index in [9.17, 15) is 8.42 Å². The second-order valence-corrected chi connectivity index (χ2v) is 9.94. The number of hydrogen-bond donors (Lipinski definition) is 1. The van der Waals surface area contributed by atoms with Gasteiger partial charge in [0.1, 0.15) is 0 Å². The number of nitrogens with zero attached hydrogens (tertiary/aromatic N) is 2. The monoisotopic (exact) mass is 363 g/mol. The molecule has 0 aliphatic carbocycles. The Balaban J connectivity index is 1.97. The predicted molar refractivity (Wildman–Crippen MR) is 103 cm³/mol. The Morgan fingerprint density at radius 3 is 2.20 bits per heavy atom. The topological polar surface area (TPSA) is 53.8 Å². The first-order valence-corrected chi connectivity index (χ1v) is 10.6. The average molecular weight is 364 g/mol. The first kappa shape index (κ1) is 19.7. The maximum absolute atomic E-state index is 11.3. The van der Waals surface area contributed by atoms with E-state index in [0.717, 1.165) is 38.7 Å². The zero-order valence-electron chi connectivity index (χ0n) is 15.7. The summed E-state index contributed by atoms with van der Waals surface area (Å²) in [4.78, 5) is 6.14. The van der Waals surface area contributed by atoms with Gasteiger partial charge in [0, 0.05) is 17.6 Å². The quantitative estimate of drug-likeness (QED) is 0.813. The Morgan fingerprint density at radius 2 is 1.76 bits per heavy atom. The van der Waals surface area contributed by atoms with Crippen LogP contribution in [0.15, 0.2) is 24.3 Å². The van der Waals surface area contributed by atoms with Gasteiger partial charge in [0.05, 0.1) is 6.26 Å². The molecule has 1 fully saturated rings. The van der Waals surface area contributed by atoms with Crippen LogP contribution in [-0.2, 0) is 16.6 Å². The Kier molecular flexibility index (Phi) is 5.80. The van der Waals surface area contributed by atoms with E-state index in [1.165, 1.54) is 5.56 Å². The molecular formula is C19H29N3O2S. The zero-order valence-corrected chi connectivity index (χ0v) is 16.5. The normalized spacial score (nSPS) is 18.5. The van der Waals surface area contributed by atoms with Gasteiger partial charge in [0.15, 0.2) is 0 Å². The highest BCUT2D eigenvalue weighted by molar-refractivity contribution is 7.92. The molecule has 1 aliphatic rings. The van der Waals surface area contributed by atoms with Crippen molar-refractivity contribution >= 4 is 15.7 Å². The molecule has 1 saturated heterocycles. The minimum atomic E-state index is -3.23. The number of rotatable bonds is 5. The second-order valence-electron chi connectivity index (χ2n) is 8.19. The van der Waals surface area contributed by atoms with Crippen LogP contribution in [0.2, 0.25) is 0 Å². The van der Waals surface area contributed by atoms with Crippen molar-refractivity contribution < 1.29 is 8.42 Å². The van der Waals surface area contributed by atoms with E-state index in [-0.39, 0.29) is 10.8 Å². The number of likely N-dealkylation sites (tertiary alicyclic amines) is 1. The van der Waals surface area contributed by atoms with Gasteiger partial charge in [-0.3, -0.25) is 9.62 Å². The smallest absolute Gasteiger partial charge is 0.229 e. The van der Waals surface area contributed by atoms with E-state index >= 15 is 0 Å². The van der Waals surface area contributed by atoms with Crippen LogP contribution in [0, 0.1) is 17.4 Å². The largest absolute Gasteiger partial charge is 0.316 e. The lowest BCUT2D eigenvalue weighted by Crippen LogP contribution is -2.47. The summed E-state index contributed by atoms with van der Waals surface area (Å²) in [7, 11) is -3.23. The summed E-state index contributed by atoms with van der Waals surface area (Å²) in [6.07, 6.45) is 3.25. The molecule has 25 heavy (non-hydrogen) atoms. The lowest BCUT2D eigenvalue weighted by atomic mass is 9.61. The molecule has 5 nitrogen and oxygen atoms in total. The van der Waals surface area contributed by atoms with Crippen LogP contribution < -0.4 is 4.72 Å². The molecule has 1 heterocycles. The van der Waals surface area contributed by atoms with Gasteiger partial charge in [-0.05, 0) is 49.0 Å². The van der Waals surface area contributed by atoms with E-state index < -0.39 is 10.0 Å². The van der Waals surface area contributed by atoms with Crippen molar-refractivity contribution in [3.8, 4) is 0 Å². The minimum absolute atomic E-state index is 0.106. The standard InChI is InChI=1S/C19H29N3O2S/c1-18(2,3)19(15-20-4)10-12-22(13-11-19)14-16-6-8-17(9-7-16)21-25(5,23)24/h6-9,21H,10-15H2,1-3,5H3. The summed E-state index contributed by atoms with van der Waals surface area (Å²) >= 11 is 0. The third kappa shape index (κ3) is 5.20. The van der Waals surface area contributed by atoms with E-state index in [1.807, 2.05) is 12.1 Å². The third-order valence-corrected chi connectivity index (χ3v) is 6.06. The van der Waals surface area contributed by atoms with Gasteiger partial charge < -0.3 is 4.85 Å². The van der Waals surface area contributed by atoms with Crippen LogP contribution in [0.1, 0.15) is 39.2 Å². The summed E-state index contributed by atoms with van der Waals surface area (Å²) in [5.41, 5.74) is 2.01. The van der Waals surface area contributed by atoms with Crippen molar-refractivity contribution in [1.29, 1.82) is 0 Å². The van der Waals surface area contributed by atoms with Gasteiger partial charge in [-0.15, -0.1) is 0 Å². The molecular weight excluding hydrogens is 334 g/mol. The van der Waals surface area contributed by atoms with Gasteiger partial charge in [0.25, 0.3) is 0 Å². The number of nitrogens with one attached hydrogen (secondary N) is 1. The van der Waals surface area contributed by atoms with E-state index in [0.29, 0.717) is 12.2 Å². The minimum Gasteiger partial charge on any atom is -0.316 e. The average Bonchev–Trinajstić information content (AvgIpc) is 2.49. The molecule has 1 N–H and O–H groups in total. The van der Waals surface area contributed by atoms with Crippen LogP contribution in [-0.4, -0.2) is 39.2 Å². The molecule has 0 atom stereocenters. The fraction of sp³-hybridized carbons (Fsp3) is 0.632. The molecule has 0 unspecified atom stereocenters. The molecule has 0 saturated carbocycles. The molecule has 1 aromatic rings. The van der Waals surface area contributed by atoms with Gasteiger partial charge >= 0.3 is 0 Å². The predicted octanol–water partition coefficient (Wildman–Crippen LogP) is 3.61. The maximum atomic E-state index is 11.3. The Morgan fingerprint density at radius 1 is 1.20 bits per heavy atom. The Labute approximate surface area is 152 Å². The van der Waals surface area contributed by atoms with Crippen LogP contribution in [0.4, 0.5) is 5.69 Å². The van der Waals surface area contributed by atoms with Gasteiger partial charge in [-0.1, -0.05) is 32.9 Å². The van der Waals surface area contributed by atoms with Crippen molar-refractivity contribution in [3.63, 3.8) is 0 Å². The number of anilines is 1. The lowest BCUT2D eigenvalue weighted by Gasteiger charge is -2.46. The molecule has 6 heteroatoms. The zero-order chi connectivity index (χ0) is 18.7. The Hall–Kier alpha value is -1.58. The molecule has 1 aromatic carbocycles. The SMILES string of the molecule is [C-]#[N+]CC1(C(C)(C)C)CCN(Cc2ccc(NS(C)(=O)=O)cc2)CC1. The third-order valence-electron chi connectivity index (χ3n) is 5.45. The first-order chi connectivity index (χ1) is 11.5. The van der Waals surface area contributed by atoms with Crippen LogP contribution in [0.3, 0.4) is 0 Å². The molecule has 0 radical (unpaired) electrons. The number of sulfonamides is 1. The van der Waals surface area contributed by atoms with E-state index in [1.54, 1.807) is 12.1 Å². The second kappa shape index (κ2) is 7.35. The molecule has 0 bridgehead atoms. The summed E-state index contributed by atoms with van der Waals surface area (Å²) < 4.78 is 25.0. The van der Waals surface area contributed by atoms with Crippen molar-refractivity contribution in [3.05, 3.63) is 41.2 Å². The number of hydrogen-bond acceptors (Lipinski definition) is 3. The highest BCUT2D eigenvalue weighted by atomic mass is 32.2. The van der Waals surface area contributed by atoms with E-state index in [2.05, 4.69) is 35.2 Å². The van der Waals surface area contributed by atoms with Crippen molar-refractivity contribution in [2.24, 2.45) is 10.8 Å². The van der Waals surface area contributed by atoms with E-state index in [4.69, 9.17) is 6.57 Å². The molecule has 0 amide bonds. The maximum Gasteiger partial charge on any atom is 0.229 e. The number of benzene rings is 1. The van der Waals surface area contributed by atoms with Crippen molar-refractivity contribution in [2.45, 2.75) is 40.2 Å². The summed E-state index contributed by atoms with van der Waals surface area (Å²) in [6, 6.07) is 7.55. The van der Waals surface area contributed by atoms with Gasteiger partial charge in [-0.25, -0.2) is 15.0 Å². The molecule has 138 valence electrons.